The smallest absolute Gasteiger partial charge is 0.191 e. The third-order valence-electron chi connectivity index (χ3n) is 4.08. The number of hydrogen-bond donors (Lipinski definition) is 2. The van der Waals surface area contributed by atoms with Crippen LogP contribution in [0.4, 0.5) is 0 Å². The van der Waals surface area contributed by atoms with Crippen molar-refractivity contribution in [2.75, 3.05) is 40.0 Å². The quantitative estimate of drug-likeness (QED) is 0.402. The van der Waals surface area contributed by atoms with Crippen molar-refractivity contribution in [1.29, 1.82) is 0 Å². The van der Waals surface area contributed by atoms with E-state index in [2.05, 4.69) is 50.6 Å². The van der Waals surface area contributed by atoms with Crippen molar-refractivity contribution >= 4 is 21.9 Å². The Morgan fingerprint density at radius 2 is 2.29 bits per heavy atom. The van der Waals surface area contributed by atoms with Crippen LogP contribution >= 0.6 is 15.9 Å². The lowest BCUT2D eigenvalue weighted by Crippen LogP contribution is -2.39. The Kier molecular flexibility index (Phi) is 8.56. The number of nitrogens with zero attached hydrogens (tertiary/aromatic N) is 1. The second-order valence-corrected chi connectivity index (χ2v) is 6.90. The molecule has 1 aromatic rings. The lowest BCUT2D eigenvalue weighted by atomic mass is 10.1. The van der Waals surface area contributed by atoms with E-state index in [1.807, 2.05) is 12.1 Å². The molecule has 2 rings (SSSR count). The van der Waals surface area contributed by atoms with Gasteiger partial charge >= 0.3 is 0 Å². The van der Waals surface area contributed by atoms with Crippen LogP contribution in [0.2, 0.25) is 0 Å². The average molecular weight is 398 g/mol. The molecule has 1 fully saturated rings. The standard InChI is InChI=1S/C18H28BrN3O2/c1-14(16-6-3-4-7-17(16)19)22-18(20-2)21-9-5-10-23-12-15-8-11-24-13-15/h3-4,6-7,14-15H,5,8-13H2,1-2H3,(H2,20,21,22). The summed E-state index contributed by atoms with van der Waals surface area (Å²) in [4.78, 5) is 4.29. The zero-order valence-electron chi connectivity index (χ0n) is 14.6. The fraction of sp³-hybridized carbons (Fsp3) is 0.611. The van der Waals surface area contributed by atoms with Gasteiger partial charge in [-0.2, -0.15) is 0 Å². The third kappa shape index (κ3) is 6.42. The second kappa shape index (κ2) is 10.7. The third-order valence-corrected chi connectivity index (χ3v) is 4.81. The summed E-state index contributed by atoms with van der Waals surface area (Å²) in [7, 11) is 1.79. The Hall–Kier alpha value is -1.11. The van der Waals surface area contributed by atoms with E-state index in [1.54, 1.807) is 7.05 Å². The lowest BCUT2D eigenvalue weighted by molar-refractivity contribution is 0.0888. The van der Waals surface area contributed by atoms with Gasteiger partial charge in [0.25, 0.3) is 0 Å². The van der Waals surface area contributed by atoms with Crippen LogP contribution in [0.1, 0.15) is 31.4 Å². The van der Waals surface area contributed by atoms with Crippen molar-refractivity contribution in [3.05, 3.63) is 34.3 Å². The molecule has 0 aliphatic carbocycles. The Bertz CT molecular complexity index is 519. The number of ether oxygens (including phenoxy) is 2. The molecule has 0 spiro atoms. The summed E-state index contributed by atoms with van der Waals surface area (Å²) in [5.41, 5.74) is 1.21. The fourth-order valence-electron chi connectivity index (χ4n) is 2.65. The van der Waals surface area contributed by atoms with Crippen molar-refractivity contribution in [3.8, 4) is 0 Å². The van der Waals surface area contributed by atoms with Crippen LogP contribution in [0, 0.1) is 5.92 Å². The van der Waals surface area contributed by atoms with Crippen molar-refractivity contribution in [1.82, 2.24) is 10.6 Å². The predicted molar refractivity (Wildman–Crippen MR) is 101 cm³/mol. The zero-order valence-corrected chi connectivity index (χ0v) is 16.1. The first-order chi connectivity index (χ1) is 11.7. The van der Waals surface area contributed by atoms with Gasteiger partial charge in [0.2, 0.25) is 0 Å². The molecule has 1 heterocycles. The normalized spacial score (nSPS) is 19.3. The molecule has 1 aliphatic rings. The van der Waals surface area contributed by atoms with Gasteiger partial charge in [0, 0.05) is 37.2 Å². The van der Waals surface area contributed by atoms with Gasteiger partial charge < -0.3 is 20.1 Å². The summed E-state index contributed by atoms with van der Waals surface area (Å²) in [5, 5.41) is 6.75. The maximum absolute atomic E-state index is 5.71. The molecule has 2 N–H and O–H groups in total. The van der Waals surface area contributed by atoms with Gasteiger partial charge in [0.15, 0.2) is 5.96 Å². The number of halogens is 1. The number of nitrogens with one attached hydrogen (secondary N) is 2. The minimum Gasteiger partial charge on any atom is -0.381 e. The van der Waals surface area contributed by atoms with E-state index in [0.29, 0.717) is 5.92 Å². The summed E-state index contributed by atoms with van der Waals surface area (Å²) < 4.78 is 12.2. The fourth-order valence-corrected chi connectivity index (χ4v) is 3.28. The first-order valence-electron chi connectivity index (χ1n) is 8.57. The molecule has 2 unspecified atom stereocenters. The highest BCUT2D eigenvalue weighted by atomic mass is 79.9. The molecule has 0 amide bonds. The topological polar surface area (TPSA) is 54.9 Å². The molecule has 0 radical (unpaired) electrons. The van der Waals surface area contributed by atoms with E-state index < -0.39 is 0 Å². The molecular formula is C18H28BrN3O2. The van der Waals surface area contributed by atoms with Gasteiger partial charge in [-0.1, -0.05) is 34.1 Å². The highest BCUT2D eigenvalue weighted by Crippen LogP contribution is 2.22. The zero-order chi connectivity index (χ0) is 17.2. The van der Waals surface area contributed by atoms with Gasteiger partial charge in [0.05, 0.1) is 19.3 Å². The van der Waals surface area contributed by atoms with Crippen molar-refractivity contribution in [2.24, 2.45) is 10.9 Å². The summed E-state index contributed by atoms with van der Waals surface area (Å²) in [6.07, 6.45) is 2.08. The van der Waals surface area contributed by atoms with E-state index in [9.17, 15) is 0 Å². The molecule has 1 saturated heterocycles. The van der Waals surface area contributed by atoms with E-state index in [1.165, 1.54) is 5.56 Å². The number of benzene rings is 1. The Morgan fingerprint density at radius 3 is 3.00 bits per heavy atom. The van der Waals surface area contributed by atoms with E-state index in [0.717, 1.165) is 56.2 Å². The Labute approximate surface area is 153 Å². The summed E-state index contributed by atoms with van der Waals surface area (Å²) in [5.74, 6) is 1.39. The van der Waals surface area contributed by atoms with Gasteiger partial charge in [0.1, 0.15) is 0 Å². The lowest BCUT2D eigenvalue weighted by Gasteiger charge is -2.19. The first-order valence-corrected chi connectivity index (χ1v) is 9.37. The average Bonchev–Trinajstić information content (AvgIpc) is 3.10. The highest BCUT2D eigenvalue weighted by molar-refractivity contribution is 9.10. The Balaban J connectivity index is 1.62. The largest absolute Gasteiger partial charge is 0.381 e. The molecule has 1 aliphatic heterocycles. The second-order valence-electron chi connectivity index (χ2n) is 6.04. The van der Waals surface area contributed by atoms with Gasteiger partial charge in [-0.25, -0.2) is 0 Å². The Morgan fingerprint density at radius 1 is 1.46 bits per heavy atom. The summed E-state index contributed by atoms with van der Waals surface area (Å²) in [6.45, 7) is 6.27. The van der Waals surface area contributed by atoms with Gasteiger partial charge in [-0.3, -0.25) is 4.99 Å². The van der Waals surface area contributed by atoms with Crippen LogP contribution in [0.15, 0.2) is 33.7 Å². The molecule has 1 aromatic carbocycles. The van der Waals surface area contributed by atoms with Crippen LogP contribution in [-0.4, -0.2) is 46.0 Å². The molecule has 6 heteroatoms. The first kappa shape index (κ1) is 19.2. The van der Waals surface area contributed by atoms with Crippen molar-refractivity contribution in [3.63, 3.8) is 0 Å². The van der Waals surface area contributed by atoms with E-state index >= 15 is 0 Å². The van der Waals surface area contributed by atoms with Crippen molar-refractivity contribution < 1.29 is 9.47 Å². The predicted octanol–water partition coefficient (Wildman–Crippen LogP) is 3.12. The summed E-state index contributed by atoms with van der Waals surface area (Å²) in [6, 6.07) is 8.39. The van der Waals surface area contributed by atoms with Gasteiger partial charge in [-0.05, 0) is 31.4 Å². The minimum atomic E-state index is 0.172. The molecule has 134 valence electrons. The van der Waals surface area contributed by atoms with Gasteiger partial charge in [-0.15, -0.1) is 0 Å². The van der Waals surface area contributed by atoms with Crippen molar-refractivity contribution in [2.45, 2.75) is 25.8 Å². The SMILES string of the molecule is CN=C(NCCCOCC1CCOC1)NC(C)c1ccccc1Br. The molecule has 24 heavy (non-hydrogen) atoms. The van der Waals surface area contributed by atoms with Crippen LogP contribution in [-0.2, 0) is 9.47 Å². The minimum absolute atomic E-state index is 0.172. The number of rotatable bonds is 8. The van der Waals surface area contributed by atoms with E-state index in [4.69, 9.17) is 9.47 Å². The molecule has 2 atom stereocenters. The number of aliphatic imine (C=N–C) groups is 1. The summed E-state index contributed by atoms with van der Waals surface area (Å²) >= 11 is 3.59. The molecule has 0 bridgehead atoms. The number of guanidine groups is 1. The van der Waals surface area contributed by atoms with E-state index in [-0.39, 0.29) is 6.04 Å². The van der Waals surface area contributed by atoms with Crippen LogP contribution < -0.4 is 10.6 Å². The highest BCUT2D eigenvalue weighted by Gasteiger charge is 2.15. The molecule has 5 nitrogen and oxygen atoms in total. The molecule has 0 saturated carbocycles. The molecular weight excluding hydrogens is 370 g/mol. The maximum atomic E-state index is 5.71. The monoisotopic (exact) mass is 397 g/mol. The van der Waals surface area contributed by atoms with Crippen LogP contribution in [0.3, 0.4) is 0 Å². The number of hydrogen-bond acceptors (Lipinski definition) is 3. The molecule has 0 aromatic heterocycles. The maximum Gasteiger partial charge on any atom is 0.191 e. The van der Waals surface area contributed by atoms with Crippen LogP contribution in [0.5, 0.6) is 0 Å². The van der Waals surface area contributed by atoms with Crippen LogP contribution in [0.25, 0.3) is 0 Å².